The third kappa shape index (κ3) is 3.71. The lowest BCUT2D eigenvalue weighted by atomic mass is 10.0. The second-order valence-corrected chi connectivity index (χ2v) is 6.18. The predicted molar refractivity (Wildman–Crippen MR) is 66.6 cm³/mol. The Kier molecular flexibility index (Phi) is 3.81. The molecule has 0 saturated heterocycles. The van der Waals surface area contributed by atoms with Crippen molar-refractivity contribution < 1.29 is 17.0 Å². The number of halogens is 1. The molecule has 0 N–H and O–H groups in total. The van der Waals surface area contributed by atoms with Crippen molar-refractivity contribution in [3.63, 3.8) is 0 Å². The second kappa shape index (κ2) is 5.22. The lowest BCUT2D eigenvalue weighted by Crippen LogP contribution is -2.13. The number of rotatable bonds is 5. The van der Waals surface area contributed by atoms with Crippen LogP contribution in [0.5, 0.6) is 0 Å². The van der Waals surface area contributed by atoms with E-state index in [1.807, 2.05) is 0 Å². The SMILES string of the molecule is C[C@H](COS(C)(=O)=O)Cc1cc2nncn2cc1F. The van der Waals surface area contributed by atoms with E-state index in [-0.39, 0.29) is 18.3 Å². The molecule has 0 radical (unpaired) electrons. The molecular formula is C11H14FN3O3S. The van der Waals surface area contributed by atoms with Gasteiger partial charge in [-0.25, -0.2) is 4.39 Å². The minimum atomic E-state index is -3.47. The van der Waals surface area contributed by atoms with Gasteiger partial charge in [0.15, 0.2) is 5.65 Å². The van der Waals surface area contributed by atoms with Crippen LogP contribution in [0.15, 0.2) is 18.6 Å². The summed E-state index contributed by atoms with van der Waals surface area (Å²) in [5, 5.41) is 7.51. The molecule has 2 heterocycles. The molecule has 0 saturated carbocycles. The molecule has 0 fully saturated rings. The molecule has 0 spiro atoms. The van der Waals surface area contributed by atoms with Crippen molar-refractivity contribution in [2.24, 2.45) is 5.92 Å². The third-order valence-corrected chi connectivity index (χ3v) is 3.16. The van der Waals surface area contributed by atoms with Crippen LogP contribution in [0.3, 0.4) is 0 Å². The van der Waals surface area contributed by atoms with Gasteiger partial charge in [-0.2, -0.15) is 8.42 Å². The van der Waals surface area contributed by atoms with Crippen molar-refractivity contribution in [1.29, 1.82) is 0 Å². The van der Waals surface area contributed by atoms with Gasteiger partial charge in [0.05, 0.1) is 12.9 Å². The fourth-order valence-electron chi connectivity index (χ4n) is 1.71. The van der Waals surface area contributed by atoms with Gasteiger partial charge in [0.1, 0.15) is 12.1 Å². The lowest BCUT2D eigenvalue weighted by Gasteiger charge is -2.11. The first kappa shape index (κ1) is 13.9. The molecule has 104 valence electrons. The Morgan fingerprint density at radius 2 is 2.26 bits per heavy atom. The highest BCUT2D eigenvalue weighted by molar-refractivity contribution is 7.85. The zero-order valence-corrected chi connectivity index (χ0v) is 11.4. The molecule has 2 aromatic rings. The summed E-state index contributed by atoms with van der Waals surface area (Å²) >= 11 is 0. The molecule has 0 aromatic carbocycles. The Morgan fingerprint density at radius 1 is 1.53 bits per heavy atom. The number of nitrogens with zero attached hydrogens (tertiary/aromatic N) is 3. The molecule has 19 heavy (non-hydrogen) atoms. The quantitative estimate of drug-likeness (QED) is 0.768. The highest BCUT2D eigenvalue weighted by Crippen LogP contribution is 2.15. The summed E-state index contributed by atoms with van der Waals surface area (Å²) < 4.78 is 41.7. The van der Waals surface area contributed by atoms with Crippen LogP contribution in [0.4, 0.5) is 4.39 Å². The molecule has 2 rings (SSSR count). The minimum Gasteiger partial charge on any atom is -0.286 e. The number of hydrogen-bond acceptors (Lipinski definition) is 5. The Bertz CT molecular complexity index is 684. The van der Waals surface area contributed by atoms with Gasteiger partial charge in [-0.1, -0.05) is 6.92 Å². The average Bonchev–Trinajstić information content (AvgIpc) is 2.73. The molecule has 0 aliphatic rings. The monoisotopic (exact) mass is 287 g/mol. The van der Waals surface area contributed by atoms with Crippen molar-refractivity contribution in [2.75, 3.05) is 12.9 Å². The fourth-order valence-corrected chi connectivity index (χ4v) is 2.19. The molecule has 0 amide bonds. The van der Waals surface area contributed by atoms with Crippen LogP contribution in [0.25, 0.3) is 5.65 Å². The smallest absolute Gasteiger partial charge is 0.264 e. The van der Waals surface area contributed by atoms with E-state index in [4.69, 9.17) is 4.18 Å². The van der Waals surface area contributed by atoms with E-state index in [2.05, 4.69) is 10.2 Å². The highest BCUT2D eigenvalue weighted by Gasteiger charge is 2.13. The molecule has 0 unspecified atom stereocenters. The standard InChI is InChI=1S/C11H14FN3O3S/c1-8(6-18-19(2,16)17)3-9-4-11-14-13-7-15(11)5-10(9)12/h4-5,7-8H,3,6H2,1-2H3/t8-/m0/s1. The third-order valence-electron chi connectivity index (χ3n) is 2.60. The second-order valence-electron chi connectivity index (χ2n) is 4.54. The van der Waals surface area contributed by atoms with E-state index in [0.29, 0.717) is 17.6 Å². The Balaban J connectivity index is 2.09. The molecular weight excluding hydrogens is 273 g/mol. The van der Waals surface area contributed by atoms with Crippen LogP contribution in [0.2, 0.25) is 0 Å². The number of fused-ring (bicyclic) bond motifs is 1. The number of pyridine rings is 1. The first-order valence-corrected chi connectivity index (χ1v) is 7.49. The molecule has 2 aromatic heterocycles. The van der Waals surface area contributed by atoms with Gasteiger partial charge in [-0.05, 0) is 24.0 Å². The van der Waals surface area contributed by atoms with Crippen LogP contribution < -0.4 is 0 Å². The fraction of sp³-hybridized carbons (Fsp3) is 0.455. The van der Waals surface area contributed by atoms with E-state index in [9.17, 15) is 12.8 Å². The average molecular weight is 287 g/mol. The summed E-state index contributed by atoms with van der Waals surface area (Å²) in [6, 6.07) is 1.60. The van der Waals surface area contributed by atoms with Gasteiger partial charge < -0.3 is 0 Å². The molecule has 1 atom stereocenters. The summed E-state index contributed by atoms with van der Waals surface area (Å²) in [6.45, 7) is 1.81. The van der Waals surface area contributed by atoms with Crippen molar-refractivity contribution in [3.8, 4) is 0 Å². The van der Waals surface area contributed by atoms with Crippen LogP contribution in [-0.2, 0) is 20.7 Å². The van der Waals surface area contributed by atoms with E-state index >= 15 is 0 Å². The topological polar surface area (TPSA) is 73.6 Å². The highest BCUT2D eigenvalue weighted by atomic mass is 32.2. The molecule has 8 heteroatoms. The summed E-state index contributed by atoms with van der Waals surface area (Å²) in [5.41, 5.74) is 1.01. The molecule has 6 nitrogen and oxygen atoms in total. The lowest BCUT2D eigenvalue weighted by molar-refractivity contribution is 0.265. The Labute approximate surface area is 110 Å². The van der Waals surface area contributed by atoms with Gasteiger partial charge in [-0.3, -0.25) is 8.58 Å². The largest absolute Gasteiger partial charge is 0.286 e. The Hall–Kier alpha value is -1.54. The van der Waals surface area contributed by atoms with Crippen molar-refractivity contribution in [3.05, 3.63) is 30.0 Å². The zero-order chi connectivity index (χ0) is 14.0. The summed E-state index contributed by atoms with van der Waals surface area (Å²) in [5.74, 6) is -0.506. The normalized spacial score (nSPS) is 13.8. The summed E-state index contributed by atoms with van der Waals surface area (Å²) in [7, 11) is -3.47. The van der Waals surface area contributed by atoms with Gasteiger partial charge in [-0.15, -0.1) is 10.2 Å². The van der Waals surface area contributed by atoms with E-state index < -0.39 is 10.1 Å². The van der Waals surface area contributed by atoms with Gasteiger partial charge in [0.25, 0.3) is 10.1 Å². The van der Waals surface area contributed by atoms with Crippen molar-refractivity contribution >= 4 is 15.8 Å². The summed E-state index contributed by atoms with van der Waals surface area (Å²) in [6.07, 6.45) is 4.07. The van der Waals surface area contributed by atoms with Crippen molar-refractivity contribution in [2.45, 2.75) is 13.3 Å². The molecule has 0 bridgehead atoms. The maximum atomic E-state index is 13.8. The number of hydrogen-bond donors (Lipinski definition) is 0. The molecule has 0 aliphatic carbocycles. The van der Waals surface area contributed by atoms with Gasteiger partial charge in [0.2, 0.25) is 0 Å². The maximum absolute atomic E-state index is 13.8. The minimum absolute atomic E-state index is 0.0240. The first-order chi connectivity index (χ1) is 8.85. The number of aromatic nitrogens is 3. The van der Waals surface area contributed by atoms with Crippen LogP contribution in [0, 0.1) is 11.7 Å². The maximum Gasteiger partial charge on any atom is 0.264 e. The Morgan fingerprint density at radius 3 is 2.95 bits per heavy atom. The van der Waals surface area contributed by atoms with E-state index in [0.717, 1.165) is 6.26 Å². The van der Waals surface area contributed by atoms with E-state index in [1.54, 1.807) is 13.0 Å². The first-order valence-electron chi connectivity index (χ1n) is 5.67. The zero-order valence-electron chi connectivity index (χ0n) is 10.6. The van der Waals surface area contributed by atoms with Crippen molar-refractivity contribution in [1.82, 2.24) is 14.6 Å². The van der Waals surface area contributed by atoms with Crippen LogP contribution >= 0.6 is 0 Å². The predicted octanol–water partition coefficient (Wildman–Crippen LogP) is 1.02. The van der Waals surface area contributed by atoms with Crippen LogP contribution in [0.1, 0.15) is 12.5 Å². The van der Waals surface area contributed by atoms with Gasteiger partial charge in [0, 0.05) is 6.20 Å². The van der Waals surface area contributed by atoms with Gasteiger partial charge >= 0.3 is 0 Å². The summed E-state index contributed by atoms with van der Waals surface area (Å²) in [4.78, 5) is 0. The molecule has 0 aliphatic heterocycles. The van der Waals surface area contributed by atoms with Crippen LogP contribution in [-0.4, -0.2) is 35.9 Å². The van der Waals surface area contributed by atoms with E-state index in [1.165, 1.54) is 16.9 Å².